The average Bonchev–Trinajstić information content (AvgIpc) is 2.47. The molecule has 0 unspecified atom stereocenters. The van der Waals surface area contributed by atoms with Gasteiger partial charge in [-0.1, -0.05) is 6.07 Å². The number of benzene rings is 1. The van der Waals surface area contributed by atoms with Crippen molar-refractivity contribution >= 4 is 16.6 Å². The molecule has 1 fully saturated rings. The van der Waals surface area contributed by atoms with Gasteiger partial charge in [0.05, 0.1) is 17.0 Å². The number of hydrogen-bond donors (Lipinski definition) is 2. The highest BCUT2D eigenvalue weighted by atomic mass is 16.5. The van der Waals surface area contributed by atoms with Crippen molar-refractivity contribution in [3.8, 4) is 5.75 Å². The standard InChI is InChI=1S/C17H22N2O2/c1-11-9-14(18)17-15(19-11)3-2-4-16(17)21-13-7-5-12(10-20)6-8-13/h2-4,9,12-13,20H,5-8,10H2,1H3,(H2,18,19). The van der Waals surface area contributed by atoms with Crippen LogP contribution >= 0.6 is 0 Å². The monoisotopic (exact) mass is 286 g/mol. The maximum atomic E-state index is 9.21. The van der Waals surface area contributed by atoms with Gasteiger partial charge in [-0.3, -0.25) is 4.98 Å². The first-order valence-electron chi connectivity index (χ1n) is 7.60. The lowest BCUT2D eigenvalue weighted by atomic mass is 9.88. The van der Waals surface area contributed by atoms with E-state index in [0.717, 1.165) is 53.7 Å². The van der Waals surface area contributed by atoms with E-state index < -0.39 is 0 Å². The number of ether oxygens (including phenoxy) is 1. The zero-order chi connectivity index (χ0) is 14.8. The minimum absolute atomic E-state index is 0.208. The quantitative estimate of drug-likeness (QED) is 0.910. The van der Waals surface area contributed by atoms with Crippen LogP contribution in [0.3, 0.4) is 0 Å². The molecule has 1 aliphatic carbocycles. The number of aliphatic hydroxyl groups is 1. The van der Waals surface area contributed by atoms with Crippen LogP contribution in [0.1, 0.15) is 31.4 Å². The Morgan fingerprint density at radius 2 is 2.05 bits per heavy atom. The Labute approximate surface area is 124 Å². The second kappa shape index (κ2) is 5.90. The highest BCUT2D eigenvalue weighted by Crippen LogP contribution is 2.33. The second-order valence-electron chi connectivity index (χ2n) is 5.95. The summed E-state index contributed by atoms with van der Waals surface area (Å²) in [5, 5.41) is 10.1. The minimum Gasteiger partial charge on any atom is -0.490 e. The first-order chi connectivity index (χ1) is 10.2. The van der Waals surface area contributed by atoms with E-state index in [1.54, 1.807) is 0 Å². The Morgan fingerprint density at radius 3 is 2.76 bits per heavy atom. The Kier molecular flexibility index (Phi) is 3.97. The van der Waals surface area contributed by atoms with E-state index in [1.165, 1.54) is 0 Å². The van der Waals surface area contributed by atoms with Crippen molar-refractivity contribution in [2.45, 2.75) is 38.7 Å². The zero-order valence-corrected chi connectivity index (χ0v) is 12.4. The van der Waals surface area contributed by atoms with E-state index >= 15 is 0 Å². The molecule has 21 heavy (non-hydrogen) atoms. The van der Waals surface area contributed by atoms with Gasteiger partial charge in [0.1, 0.15) is 5.75 Å². The third-order valence-electron chi connectivity index (χ3n) is 4.30. The predicted octanol–water partition coefficient (Wildman–Crippen LogP) is 3.06. The number of nitrogen functional groups attached to an aromatic ring is 1. The lowest BCUT2D eigenvalue weighted by Crippen LogP contribution is -2.25. The van der Waals surface area contributed by atoms with E-state index in [2.05, 4.69) is 4.98 Å². The first-order valence-corrected chi connectivity index (χ1v) is 7.60. The van der Waals surface area contributed by atoms with Crippen LogP contribution in [-0.4, -0.2) is 22.8 Å². The van der Waals surface area contributed by atoms with Crippen LogP contribution in [0.25, 0.3) is 10.9 Å². The summed E-state index contributed by atoms with van der Waals surface area (Å²) in [4.78, 5) is 4.52. The van der Waals surface area contributed by atoms with Crippen LogP contribution in [-0.2, 0) is 0 Å². The Balaban J connectivity index is 1.84. The Hall–Kier alpha value is -1.81. The molecule has 3 rings (SSSR count). The molecule has 4 heteroatoms. The molecule has 3 N–H and O–H groups in total. The fourth-order valence-electron chi connectivity index (χ4n) is 3.13. The number of fused-ring (bicyclic) bond motifs is 1. The highest BCUT2D eigenvalue weighted by molar-refractivity contribution is 5.95. The van der Waals surface area contributed by atoms with Gasteiger partial charge in [-0.05, 0) is 56.7 Å². The van der Waals surface area contributed by atoms with E-state index in [9.17, 15) is 5.11 Å². The van der Waals surface area contributed by atoms with E-state index in [0.29, 0.717) is 5.92 Å². The van der Waals surface area contributed by atoms with Gasteiger partial charge in [0.2, 0.25) is 0 Å². The zero-order valence-electron chi connectivity index (χ0n) is 12.4. The maximum Gasteiger partial charge on any atom is 0.131 e. The molecule has 0 amide bonds. The summed E-state index contributed by atoms with van der Waals surface area (Å²) < 4.78 is 6.18. The third kappa shape index (κ3) is 2.95. The fraction of sp³-hybridized carbons (Fsp3) is 0.471. The van der Waals surface area contributed by atoms with Gasteiger partial charge in [0, 0.05) is 18.0 Å². The number of hydrogen-bond acceptors (Lipinski definition) is 4. The summed E-state index contributed by atoms with van der Waals surface area (Å²) in [5.74, 6) is 1.26. The number of aliphatic hydroxyl groups excluding tert-OH is 1. The molecule has 0 spiro atoms. The van der Waals surface area contributed by atoms with Crippen LogP contribution in [0.5, 0.6) is 5.75 Å². The molecule has 0 atom stereocenters. The van der Waals surface area contributed by atoms with Gasteiger partial charge in [0.25, 0.3) is 0 Å². The summed E-state index contributed by atoms with van der Waals surface area (Å²) in [6.07, 6.45) is 4.23. The van der Waals surface area contributed by atoms with Crippen molar-refractivity contribution in [1.82, 2.24) is 4.98 Å². The number of nitrogens with two attached hydrogens (primary N) is 1. The largest absolute Gasteiger partial charge is 0.490 e. The van der Waals surface area contributed by atoms with Gasteiger partial charge in [-0.15, -0.1) is 0 Å². The number of aryl methyl sites for hydroxylation is 1. The number of anilines is 1. The number of nitrogens with zero attached hydrogens (tertiary/aromatic N) is 1. The molecule has 1 heterocycles. The Bertz CT molecular complexity index is 634. The fourth-order valence-corrected chi connectivity index (χ4v) is 3.13. The summed E-state index contributed by atoms with van der Waals surface area (Å²) in [6.45, 7) is 2.23. The van der Waals surface area contributed by atoms with Crippen LogP contribution in [0.2, 0.25) is 0 Å². The molecular formula is C17H22N2O2. The average molecular weight is 286 g/mol. The van der Waals surface area contributed by atoms with E-state index in [-0.39, 0.29) is 12.7 Å². The first kappa shape index (κ1) is 14.1. The lowest BCUT2D eigenvalue weighted by Gasteiger charge is -2.28. The topological polar surface area (TPSA) is 68.4 Å². The number of aromatic nitrogens is 1. The highest BCUT2D eigenvalue weighted by Gasteiger charge is 2.22. The van der Waals surface area contributed by atoms with Crippen molar-refractivity contribution in [1.29, 1.82) is 0 Å². The minimum atomic E-state index is 0.208. The molecule has 0 bridgehead atoms. The molecule has 0 aliphatic heterocycles. The van der Waals surface area contributed by atoms with Crippen molar-refractivity contribution in [3.05, 3.63) is 30.0 Å². The molecule has 1 aromatic heterocycles. The van der Waals surface area contributed by atoms with Gasteiger partial charge in [-0.2, -0.15) is 0 Å². The summed E-state index contributed by atoms with van der Waals surface area (Å²) >= 11 is 0. The van der Waals surface area contributed by atoms with Crippen molar-refractivity contribution in [3.63, 3.8) is 0 Å². The number of rotatable bonds is 3. The molecule has 1 aliphatic rings. The van der Waals surface area contributed by atoms with Crippen LogP contribution in [0, 0.1) is 12.8 Å². The van der Waals surface area contributed by atoms with Gasteiger partial charge < -0.3 is 15.6 Å². The van der Waals surface area contributed by atoms with Crippen LogP contribution in [0.4, 0.5) is 5.69 Å². The van der Waals surface area contributed by atoms with Gasteiger partial charge >= 0.3 is 0 Å². The summed E-state index contributed by atoms with van der Waals surface area (Å²) in [5.41, 5.74) is 8.67. The van der Waals surface area contributed by atoms with Crippen molar-refractivity contribution in [2.75, 3.05) is 12.3 Å². The van der Waals surface area contributed by atoms with Gasteiger partial charge in [0.15, 0.2) is 0 Å². The summed E-state index contributed by atoms with van der Waals surface area (Å²) in [7, 11) is 0. The van der Waals surface area contributed by atoms with Crippen LogP contribution < -0.4 is 10.5 Å². The lowest BCUT2D eigenvalue weighted by molar-refractivity contribution is 0.105. The van der Waals surface area contributed by atoms with Crippen molar-refractivity contribution in [2.24, 2.45) is 5.92 Å². The third-order valence-corrected chi connectivity index (χ3v) is 4.30. The molecule has 2 aromatic rings. The Morgan fingerprint density at radius 1 is 1.29 bits per heavy atom. The molecule has 0 radical (unpaired) electrons. The predicted molar refractivity (Wildman–Crippen MR) is 84.4 cm³/mol. The van der Waals surface area contributed by atoms with E-state index in [4.69, 9.17) is 10.5 Å². The smallest absolute Gasteiger partial charge is 0.131 e. The second-order valence-corrected chi connectivity index (χ2v) is 5.95. The SMILES string of the molecule is Cc1cc(N)c2c(OC3CCC(CO)CC3)cccc2n1. The molecule has 0 saturated heterocycles. The van der Waals surface area contributed by atoms with Crippen LogP contribution in [0.15, 0.2) is 24.3 Å². The number of pyridine rings is 1. The molecule has 112 valence electrons. The molecule has 4 nitrogen and oxygen atoms in total. The van der Waals surface area contributed by atoms with E-state index in [1.807, 2.05) is 31.2 Å². The van der Waals surface area contributed by atoms with Gasteiger partial charge in [-0.25, -0.2) is 0 Å². The molecule has 1 saturated carbocycles. The molecular weight excluding hydrogens is 264 g/mol. The van der Waals surface area contributed by atoms with Crippen molar-refractivity contribution < 1.29 is 9.84 Å². The normalized spacial score (nSPS) is 22.4. The summed E-state index contributed by atoms with van der Waals surface area (Å²) in [6, 6.07) is 7.78. The maximum absolute atomic E-state index is 9.21. The molecule has 1 aromatic carbocycles.